The lowest BCUT2D eigenvalue weighted by molar-refractivity contribution is 0.365. The van der Waals surface area contributed by atoms with Crippen molar-refractivity contribution in [1.82, 2.24) is 15.1 Å². The molecule has 92 valence electrons. The second kappa shape index (κ2) is 5.48. The zero-order valence-corrected chi connectivity index (χ0v) is 11.3. The highest BCUT2D eigenvalue weighted by Crippen LogP contribution is 2.17. The molecule has 0 atom stereocenters. The summed E-state index contributed by atoms with van der Waals surface area (Å²) in [5.74, 6) is 0. The molecule has 0 spiro atoms. The van der Waals surface area contributed by atoms with Gasteiger partial charge in [-0.25, -0.2) is 0 Å². The van der Waals surface area contributed by atoms with Gasteiger partial charge in [0.2, 0.25) is 0 Å². The van der Waals surface area contributed by atoms with E-state index in [9.17, 15) is 0 Å². The van der Waals surface area contributed by atoms with E-state index in [2.05, 4.69) is 44.2 Å². The monoisotopic (exact) mass is 223 g/mol. The van der Waals surface area contributed by atoms with E-state index in [-0.39, 0.29) is 0 Å². The molecule has 0 saturated carbocycles. The number of aromatic nitrogens is 2. The molecule has 3 heteroatoms. The molecule has 1 aromatic rings. The van der Waals surface area contributed by atoms with Crippen LogP contribution in [0.2, 0.25) is 0 Å². The van der Waals surface area contributed by atoms with Gasteiger partial charge in [-0.2, -0.15) is 5.10 Å². The Kier molecular flexibility index (Phi) is 4.54. The van der Waals surface area contributed by atoms with Crippen LogP contribution in [0.5, 0.6) is 0 Å². The number of nitrogens with zero attached hydrogens (tertiary/aromatic N) is 2. The maximum Gasteiger partial charge on any atom is 0.0625 e. The van der Waals surface area contributed by atoms with Crippen molar-refractivity contribution in [2.75, 3.05) is 6.54 Å². The van der Waals surface area contributed by atoms with Gasteiger partial charge in [-0.1, -0.05) is 27.7 Å². The van der Waals surface area contributed by atoms with Crippen LogP contribution < -0.4 is 5.32 Å². The van der Waals surface area contributed by atoms with Crippen LogP contribution in [0, 0.1) is 5.41 Å². The van der Waals surface area contributed by atoms with E-state index >= 15 is 0 Å². The normalized spacial score (nSPS) is 12.1. The van der Waals surface area contributed by atoms with E-state index < -0.39 is 0 Å². The molecule has 0 aromatic carbocycles. The lowest BCUT2D eigenvalue weighted by Gasteiger charge is -2.18. The van der Waals surface area contributed by atoms with Gasteiger partial charge in [0, 0.05) is 13.6 Å². The third kappa shape index (κ3) is 4.35. The molecule has 0 aliphatic heterocycles. The summed E-state index contributed by atoms with van der Waals surface area (Å²) in [6.45, 7) is 10.9. The fourth-order valence-corrected chi connectivity index (χ4v) is 1.59. The smallest absolute Gasteiger partial charge is 0.0625 e. The van der Waals surface area contributed by atoms with Gasteiger partial charge in [-0.3, -0.25) is 4.68 Å². The van der Waals surface area contributed by atoms with Crippen LogP contribution in [0.4, 0.5) is 0 Å². The predicted octanol–water partition coefficient (Wildman–Crippen LogP) is 2.51. The highest BCUT2D eigenvalue weighted by Gasteiger charge is 2.09. The van der Waals surface area contributed by atoms with Crippen LogP contribution in [0.25, 0.3) is 0 Å². The minimum absolute atomic E-state index is 0.411. The zero-order chi connectivity index (χ0) is 12.2. The van der Waals surface area contributed by atoms with Gasteiger partial charge in [0.15, 0.2) is 0 Å². The first kappa shape index (κ1) is 13.2. The van der Waals surface area contributed by atoms with E-state index in [1.807, 2.05) is 11.7 Å². The summed E-state index contributed by atoms with van der Waals surface area (Å²) in [7, 11) is 2.01. The van der Waals surface area contributed by atoms with Gasteiger partial charge < -0.3 is 5.32 Å². The third-order valence-corrected chi connectivity index (χ3v) is 2.75. The average Bonchev–Trinajstić information content (AvgIpc) is 2.53. The molecule has 1 rings (SSSR count). The molecule has 1 aromatic heterocycles. The van der Waals surface area contributed by atoms with E-state index in [0.717, 1.165) is 19.5 Å². The molecule has 16 heavy (non-hydrogen) atoms. The minimum atomic E-state index is 0.411. The van der Waals surface area contributed by atoms with Gasteiger partial charge in [0.05, 0.1) is 11.4 Å². The van der Waals surface area contributed by atoms with Crippen LogP contribution in [-0.2, 0) is 20.0 Å². The number of rotatable bonds is 5. The summed E-state index contributed by atoms with van der Waals surface area (Å²) in [6.07, 6.45) is 2.21. The Morgan fingerprint density at radius 3 is 2.56 bits per heavy atom. The summed E-state index contributed by atoms with van der Waals surface area (Å²) >= 11 is 0. The summed E-state index contributed by atoms with van der Waals surface area (Å²) in [4.78, 5) is 0. The van der Waals surface area contributed by atoms with Crippen LogP contribution in [-0.4, -0.2) is 16.3 Å². The van der Waals surface area contributed by atoms with Gasteiger partial charge in [0.25, 0.3) is 0 Å². The fraction of sp³-hybridized carbons (Fsp3) is 0.769. The molecule has 3 nitrogen and oxygen atoms in total. The molecule has 1 heterocycles. The average molecular weight is 223 g/mol. The second-order valence-corrected chi connectivity index (χ2v) is 5.59. The predicted molar refractivity (Wildman–Crippen MR) is 68.4 cm³/mol. The molecule has 0 fully saturated rings. The lowest BCUT2D eigenvalue weighted by Crippen LogP contribution is -2.21. The molecule has 0 saturated heterocycles. The van der Waals surface area contributed by atoms with Gasteiger partial charge in [-0.05, 0) is 30.9 Å². The van der Waals surface area contributed by atoms with Crippen LogP contribution >= 0.6 is 0 Å². The maximum atomic E-state index is 4.43. The Morgan fingerprint density at radius 2 is 2.06 bits per heavy atom. The minimum Gasteiger partial charge on any atom is -0.311 e. The summed E-state index contributed by atoms with van der Waals surface area (Å²) in [5, 5.41) is 7.91. The largest absolute Gasteiger partial charge is 0.311 e. The van der Waals surface area contributed by atoms with Gasteiger partial charge in [-0.15, -0.1) is 0 Å². The fourth-order valence-electron chi connectivity index (χ4n) is 1.59. The SMILES string of the molecule is CCc1cc(CNCCC(C)(C)C)n(C)n1. The molecule has 0 unspecified atom stereocenters. The second-order valence-electron chi connectivity index (χ2n) is 5.59. The Bertz CT molecular complexity index is 320. The molecular formula is C13H25N3. The molecule has 0 radical (unpaired) electrons. The Balaban J connectivity index is 2.34. The standard InChI is InChI=1S/C13H25N3/c1-6-11-9-12(16(5)15-11)10-14-8-7-13(2,3)4/h9,14H,6-8,10H2,1-5H3. The quantitative estimate of drug-likeness (QED) is 0.777. The van der Waals surface area contributed by atoms with Gasteiger partial charge >= 0.3 is 0 Å². The van der Waals surface area contributed by atoms with E-state index in [1.165, 1.54) is 17.8 Å². The number of hydrogen-bond acceptors (Lipinski definition) is 2. The lowest BCUT2D eigenvalue weighted by atomic mass is 9.92. The highest BCUT2D eigenvalue weighted by molar-refractivity contribution is 5.09. The van der Waals surface area contributed by atoms with Gasteiger partial charge in [0.1, 0.15) is 0 Å². The van der Waals surface area contributed by atoms with E-state index in [4.69, 9.17) is 0 Å². The molecular weight excluding hydrogens is 198 g/mol. The zero-order valence-electron chi connectivity index (χ0n) is 11.3. The highest BCUT2D eigenvalue weighted by atomic mass is 15.3. The Labute approximate surface area is 99.2 Å². The molecule has 0 aliphatic rings. The summed E-state index contributed by atoms with van der Waals surface area (Å²) in [6, 6.07) is 2.18. The Morgan fingerprint density at radius 1 is 1.38 bits per heavy atom. The topological polar surface area (TPSA) is 29.9 Å². The van der Waals surface area contributed by atoms with E-state index in [0.29, 0.717) is 5.41 Å². The number of aryl methyl sites for hydroxylation is 2. The first-order valence-electron chi connectivity index (χ1n) is 6.15. The van der Waals surface area contributed by atoms with Crippen molar-refractivity contribution >= 4 is 0 Å². The number of nitrogens with one attached hydrogen (secondary N) is 1. The van der Waals surface area contributed by atoms with E-state index in [1.54, 1.807) is 0 Å². The van der Waals surface area contributed by atoms with Crippen molar-refractivity contribution in [2.24, 2.45) is 12.5 Å². The van der Waals surface area contributed by atoms with Crippen LogP contribution in [0.1, 0.15) is 45.5 Å². The molecule has 0 amide bonds. The maximum absolute atomic E-state index is 4.43. The van der Waals surface area contributed by atoms with Crippen LogP contribution in [0.3, 0.4) is 0 Å². The van der Waals surface area contributed by atoms with Crippen molar-refractivity contribution in [3.05, 3.63) is 17.5 Å². The van der Waals surface area contributed by atoms with Crippen molar-refractivity contribution in [2.45, 2.75) is 47.1 Å². The van der Waals surface area contributed by atoms with Crippen molar-refractivity contribution in [1.29, 1.82) is 0 Å². The summed E-state index contributed by atoms with van der Waals surface area (Å²) < 4.78 is 1.98. The number of hydrogen-bond donors (Lipinski definition) is 1. The molecule has 1 N–H and O–H groups in total. The third-order valence-electron chi connectivity index (χ3n) is 2.75. The van der Waals surface area contributed by atoms with Crippen molar-refractivity contribution < 1.29 is 0 Å². The van der Waals surface area contributed by atoms with Crippen LogP contribution in [0.15, 0.2) is 6.07 Å². The summed E-state index contributed by atoms with van der Waals surface area (Å²) in [5.41, 5.74) is 2.86. The molecule has 0 bridgehead atoms. The van der Waals surface area contributed by atoms with Crippen molar-refractivity contribution in [3.63, 3.8) is 0 Å². The van der Waals surface area contributed by atoms with Crippen molar-refractivity contribution in [3.8, 4) is 0 Å². The molecule has 0 aliphatic carbocycles. The first-order chi connectivity index (χ1) is 7.42. The first-order valence-corrected chi connectivity index (χ1v) is 6.15. The Hall–Kier alpha value is -0.830.